The molecule has 1 unspecified atom stereocenters. The zero-order chi connectivity index (χ0) is 30.3. The Kier molecular flexibility index (Phi) is 10.0. The van der Waals surface area contributed by atoms with Gasteiger partial charge in [-0.05, 0) is 61.2 Å². The average molecular weight is 585 g/mol. The minimum absolute atomic E-state index is 0.0747. The lowest BCUT2D eigenvalue weighted by atomic mass is 10.0. The van der Waals surface area contributed by atoms with E-state index in [1.807, 2.05) is 19.9 Å². The molecule has 0 saturated carbocycles. The van der Waals surface area contributed by atoms with E-state index in [9.17, 15) is 28.6 Å². The van der Waals surface area contributed by atoms with Gasteiger partial charge in [-0.1, -0.05) is 18.2 Å². The maximum atomic E-state index is 13.2. The number of hydrogen-bond acceptors (Lipinski definition) is 10. The number of rotatable bonds is 11. The number of Topliss-reactive ketones (excluding diaryl/α,β-unsaturated/α-hetero) is 1. The van der Waals surface area contributed by atoms with E-state index in [2.05, 4.69) is 0 Å². The van der Waals surface area contributed by atoms with Gasteiger partial charge in [-0.2, -0.15) is 0 Å². The number of benzene rings is 3. The summed E-state index contributed by atoms with van der Waals surface area (Å²) < 4.78 is 38.2. The second-order valence-electron chi connectivity index (χ2n) is 9.12. The molecule has 0 heterocycles. The third-order valence-electron chi connectivity index (χ3n) is 5.29. The van der Waals surface area contributed by atoms with E-state index in [0.717, 1.165) is 31.9 Å². The molecule has 3 aromatic rings. The number of ether oxygens (including phenoxy) is 3. The molecule has 216 valence electrons. The smallest absolute Gasteiger partial charge is 0.426 e. The number of ketones is 1. The molecule has 0 aliphatic heterocycles. The maximum absolute atomic E-state index is 13.2. The predicted octanol–water partition coefficient (Wildman–Crippen LogP) is 5.45. The van der Waals surface area contributed by atoms with Crippen molar-refractivity contribution >= 4 is 31.5 Å². The average Bonchev–Trinajstić information content (AvgIpc) is 2.81. The molecule has 0 fully saturated rings. The molecule has 0 amide bonds. The molecule has 0 spiro atoms. The van der Waals surface area contributed by atoms with Crippen LogP contribution in [0.25, 0.3) is 0 Å². The van der Waals surface area contributed by atoms with Crippen LogP contribution in [0.5, 0.6) is 28.7 Å². The first-order valence-electron chi connectivity index (χ1n) is 12.4. The van der Waals surface area contributed by atoms with Gasteiger partial charge >= 0.3 is 25.7 Å². The Balaban J connectivity index is 1.75. The summed E-state index contributed by atoms with van der Waals surface area (Å²) in [4.78, 5) is 58.2. The van der Waals surface area contributed by atoms with Gasteiger partial charge in [0.1, 0.15) is 34.3 Å². The van der Waals surface area contributed by atoms with Gasteiger partial charge in [0.15, 0.2) is 5.78 Å². The van der Waals surface area contributed by atoms with E-state index < -0.39 is 31.5 Å². The summed E-state index contributed by atoms with van der Waals surface area (Å²) in [5, 5.41) is 0. The lowest BCUT2D eigenvalue weighted by Crippen LogP contribution is -2.13. The van der Waals surface area contributed by atoms with Crippen LogP contribution in [0.2, 0.25) is 0 Å². The lowest BCUT2D eigenvalue weighted by Gasteiger charge is -2.15. The van der Waals surface area contributed by atoms with E-state index >= 15 is 0 Å². The Morgan fingerprint density at radius 1 is 0.683 bits per heavy atom. The van der Waals surface area contributed by atoms with Crippen LogP contribution in [-0.2, 0) is 25.4 Å². The van der Waals surface area contributed by atoms with Gasteiger partial charge in [0.05, 0.1) is 0 Å². The van der Waals surface area contributed by atoms with E-state index in [4.69, 9.17) is 23.3 Å². The Morgan fingerprint density at radius 3 is 1.66 bits per heavy atom. The molecule has 3 rings (SSSR count). The van der Waals surface area contributed by atoms with Gasteiger partial charge in [0.25, 0.3) is 0 Å². The van der Waals surface area contributed by atoms with Gasteiger partial charge in [-0.25, -0.2) is 4.57 Å². The molecule has 11 nitrogen and oxygen atoms in total. The molecule has 1 N–H and O–H groups in total. The van der Waals surface area contributed by atoms with Gasteiger partial charge in [-0.3, -0.25) is 24.1 Å². The number of esters is 3. The summed E-state index contributed by atoms with van der Waals surface area (Å²) in [7, 11) is -4.48. The van der Waals surface area contributed by atoms with Crippen molar-refractivity contribution in [2.75, 3.05) is 0 Å². The fraction of sp³-hybridized carbons (Fsp3) is 0.241. The molecule has 12 heteroatoms. The number of carbonyl (C=O) groups excluding carboxylic acids is 4. The largest absolute Gasteiger partial charge is 0.584 e. The molecule has 1 atom stereocenters. The molecule has 0 aliphatic rings. The van der Waals surface area contributed by atoms with Gasteiger partial charge in [0, 0.05) is 39.3 Å². The number of phosphoric acid groups is 1. The molecular formula is C29H29O11P. The van der Waals surface area contributed by atoms with E-state index in [1.54, 1.807) is 24.3 Å². The van der Waals surface area contributed by atoms with Gasteiger partial charge in [-0.15, -0.1) is 0 Å². The van der Waals surface area contributed by atoms with Crippen molar-refractivity contribution in [3.63, 3.8) is 0 Å². The van der Waals surface area contributed by atoms with E-state index in [1.165, 1.54) is 24.3 Å². The van der Waals surface area contributed by atoms with Crippen molar-refractivity contribution in [2.45, 2.75) is 47.5 Å². The summed E-state index contributed by atoms with van der Waals surface area (Å²) in [5.74, 6) is -2.96. The standard InChI is InChI=1S/C29H29O11P/c1-17-12-18(2)14-25(13-17)40-41(34,35)39-23-9-6-22(7-10-23)8-11-26(33)29-27(37-20(4)31)15-24(36-19(3)30)16-28(29)38-21(5)32/h6-7,9-10,12-16H,8,11H2,1-5H3,(H,34,35). The second-order valence-corrected chi connectivity index (χ2v) is 10.4. The Labute approximate surface area is 236 Å². The third-order valence-corrected chi connectivity index (χ3v) is 6.17. The van der Waals surface area contributed by atoms with Crippen LogP contribution in [0.3, 0.4) is 0 Å². The first-order valence-corrected chi connectivity index (χ1v) is 13.9. The Hall–Kier alpha value is -4.47. The normalized spacial score (nSPS) is 12.0. The fourth-order valence-corrected chi connectivity index (χ4v) is 4.70. The van der Waals surface area contributed by atoms with Crippen molar-refractivity contribution in [3.05, 3.63) is 76.9 Å². The molecule has 0 bridgehead atoms. The van der Waals surface area contributed by atoms with Gasteiger partial charge < -0.3 is 23.3 Å². The van der Waals surface area contributed by atoms with Crippen molar-refractivity contribution in [1.29, 1.82) is 0 Å². The van der Waals surface area contributed by atoms with Crippen LogP contribution in [0.15, 0.2) is 54.6 Å². The summed E-state index contributed by atoms with van der Waals surface area (Å²) in [6.07, 6.45) is 0.115. The highest BCUT2D eigenvalue weighted by Crippen LogP contribution is 2.44. The van der Waals surface area contributed by atoms with Crippen LogP contribution in [0.4, 0.5) is 0 Å². The zero-order valence-electron chi connectivity index (χ0n) is 23.1. The molecule has 0 aromatic heterocycles. The topological polar surface area (TPSA) is 152 Å². The summed E-state index contributed by atoms with van der Waals surface area (Å²) >= 11 is 0. The van der Waals surface area contributed by atoms with Crippen molar-refractivity contribution < 1.29 is 51.9 Å². The van der Waals surface area contributed by atoms with Crippen molar-refractivity contribution in [3.8, 4) is 28.7 Å². The van der Waals surface area contributed by atoms with Crippen molar-refractivity contribution in [1.82, 2.24) is 0 Å². The summed E-state index contributed by atoms with van der Waals surface area (Å²) in [6, 6.07) is 13.6. The highest BCUT2D eigenvalue weighted by Gasteiger charge is 2.26. The highest BCUT2D eigenvalue weighted by atomic mass is 31.2. The fourth-order valence-electron chi connectivity index (χ4n) is 3.91. The zero-order valence-corrected chi connectivity index (χ0v) is 24.0. The van der Waals surface area contributed by atoms with Crippen LogP contribution >= 0.6 is 7.82 Å². The lowest BCUT2D eigenvalue weighted by molar-refractivity contribution is -0.132. The summed E-state index contributed by atoms with van der Waals surface area (Å²) in [6.45, 7) is 7.07. The second kappa shape index (κ2) is 13.3. The van der Waals surface area contributed by atoms with Crippen LogP contribution in [0.1, 0.15) is 54.2 Å². The third kappa shape index (κ3) is 9.59. The van der Waals surface area contributed by atoms with E-state index in [0.29, 0.717) is 5.56 Å². The van der Waals surface area contributed by atoms with Crippen LogP contribution in [-0.4, -0.2) is 28.6 Å². The van der Waals surface area contributed by atoms with Crippen molar-refractivity contribution in [2.24, 2.45) is 0 Å². The number of aryl methyl sites for hydroxylation is 3. The quantitative estimate of drug-likeness (QED) is 0.132. The molecule has 0 aliphatic carbocycles. The first kappa shape index (κ1) is 31.1. The van der Waals surface area contributed by atoms with Crippen LogP contribution in [0, 0.1) is 13.8 Å². The van der Waals surface area contributed by atoms with Gasteiger partial charge in [0.2, 0.25) is 0 Å². The number of phosphoric ester groups is 1. The Bertz CT molecular complexity index is 1470. The Morgan fingerprint density at radius 2 is 1.17 bits per heavy atom. The first-order chi connectivity index (χ1) is 19.2. The minimum atomic E-state index is -4.48. The highest BCUT2D eigenvalue weighted by molar-refractivity contribution is 7.48. The molecule has 0 radical (unpaired) electrons. The molecule has 0 saturated heterocycles. The number of hydrogen-bond donors (Lipinski definition) is 1. The van der Waals surface area contributed by atoms with Crippen LogP contribution < -0.4 is 23.3 Å². The molecular weight excluding hydrogens is 555 g/mol. The monoisotopic (exact) mass is 584 g/mol. The van der Waals surface area contributed by atoms with E-state index in [-0.39, 0.29) is 47.2 Å². The number of carbonyl (C=O) groups is 4. The maximum Gasteiger partial charge on any atom is 0.584 e. The molecule has 41 heavy (non-hydrogen) atoms. The minimum Gasteiger partial charge on any atom is -0.426 e. The SMILES string of the molecule is CC(=O)Oc1cc(OC(C)=O)c(C(=O)CCc2ccc(OP(=O)(O)Oc3cc(C)cc(C)c3)cc2)c(OC(C)=O)c1. The summed E-state index contributed by atoms with van der Waals surface area (Å²) in [5.41, 5.74) is 2.22. The predicted molar refractivity (Wildman–Crippen MR) is 146 cm³/mol. The molecule has 3 aromatic carbocycles.